The van der Waals surface area contributed by atoms with Gasteiger partial charge in [0, 0.05) is 11.8 Å². The Labute approximate surface area is 151 Å². The van der Waals surface area contributed by atoms with Gasteiger partial charge in [0.15, 0.2) is 0 Å². The van der Waals surface area contributed by atoms with Crippen molar-refractivity contribution < 1.29 is 62.8 Å². The maximum Gasteiger partial charge on any atom is 0.491 e. The summed E-state index contributed by atoms with van der Waals surface area (Å²) in [6.07, 6.45) is -14.9. The van der Waals surface area contributed by atoms with Crippen molar-refractivity contribution in [1.29, 1.82) is 0 Å². The molecule has 0 radical (unpaired) electrons. The Morgan fingerprint density at radius 1 is 0.897 bits per heavy atom. The molecule has 17 heteroatoms. The van der Waals surface area contributed by atoms with Crippen molar-refractivity contribution in [2.75, 3.05) is 0 Å². The largest absolute Gasteiger partial charge is 0.491 e. The van der Waals surface area contributed by atoms with Crippen LogP contribution in [0.25, 0.3) is 11.4 Å². The van der Waals surface area contributed by atoms with Crippen LogP contribution < -0.4 is 0 Å². The lowest BCUT2D eigenvalue weighted by atomic mass is 10.3. The van der Waals surface area contributed by atoms with Crippen LogP contribution in [-0.2, 0) is 20.5 Å². The van der Waals surface area contributed by atoms with E-state index in [9.17, 15) is 53.5 Å². The first-order valence-electron chi connectivity index (χ1n) is 6.45. The molecule has 160 valence electrons. The summed E-state index contributed by atoms with van der Waals surface area (Å²) in [5.41, 5.74) is 0.139. The first-order chi connectivity index (χ1) is 13.0. The maximum atomic E-state index is 12.4. The van der Waals surface area contributed by atoms with Crippen LogP contribution in [0.4, 0.5) is 43.9 Å². The highest BCUT2D eigenvalue weighted by atomic mass is 19.4. The molecule has 0 spiro atoms. The van der Waals surface area contributed by atoms with Crippen molar-refractivity contribution in [3.8, 4) is 11.4 Å². The number of aromatic nitrogens is 3. The number of hydrogen-bond acceptors (Lipinski definition) is 7. The van der Waals surface area contributed by atoms with Crippen LogP contribution in [0.15, 0.2) is 22.9 Å². The van der Waals surface area contributed by atoms with Gasteiger partial charge in [-0.1, -0.05) is 5.16 Å². The second kappa shape index (κ2) is 8.39. The summed E-state index contributed by atoms with van der Waals surface area (Å²) >= 11 is 0. The number of hydrogen-bond donors (Lipinski definition) is 0. The van der Waals surface area contributed by atoms with Gasteiger partial charge in [0.25, 0.3) is 0 Å². The first kappa shape index (κ1) is 23.8. The lowest BCUT2D eigenvalue weighted by molar-refractivity contribution is -0.221. The van der Waals surface area contributed by atoms with Gasteiger partial charge in [0.2, 0.25) is 11.8 Å². The van der Waals surface area contributed by atoms with Crippen molar-refractivity contribution >= 4 is 11.9 Å². The molecule has 2 rings (SSSR count). The molecule has 0 aliphatic rings. The molecule has 0 bridgehead atoms. The van der Waals surface area contributed by atoms with Crippen LogP contribution >= 0.6 is 0 Å². The number of halogens is 10. The van der Waals surface area contributed by atoms with Crippen molar-refractivity contribution in [2.24, 2.45) is 0 Å². The third kappa shape index (κ3) is 7.34. The highest BCUT2D eigenvalue weighted by molar-refractivity contribution is 5.90. The van der Waals surface area contributed by atoms with E-state index in [-0.39, 0.29) is 11.4 Å². The highest BCUT2D eigenvalue weighted by Crippen LogP contribution is 2.29. The maximum absolute atomic E-state index is 12.4. The fourth-order valence-electron chi connectivity index (χ4n) is 1.16. The van der Waals surface area contributed by atoms with Crippen LogP contribution in [0.1, 0.15) is 5.89 Å². The molecule has 0 fully saturated rings. The standard InChI is InChI=1S/C8H3F4N3O.C4F6O3/c9-5-2-1-4(3-13-5)6-14-7(16-15-6)8(10,11)12;5-3(6,7)1(11)13-2(12)4(8,9)10/h1-3H;. The average molecular weight is 443 g/mol. The molecule has 2 heterocycles. The summed E-state index contributed by atoms with van der Waals surface area (Å²) in [5.74, 6) is -8.89. The number of nitrogens with zero attached hydrogens (tertiary/aromatic N) is 3. The van der Waals surface area contributed by atoms with Gasteiger partial charge >= 0.3 is 36.4 Å². The molecule has 7 nitrogen and oxygen atoms in total. The van der Waals surface area contributed by atoms with E-state index in [1.165, 1.54) is 6.07 Å². The summed E-state index contributed by atoms with van der Waals surface area (Å²) in [5, 5.41) is 3.11. The van der Waals surface area contributed by atoms with Crippen LogP contribution in [0.5, 0.6) is 0 Å². The number of pyridine rings is 1. The second-order valence-electron chi connectivity index (χ2n) is 4.46. The third-order valence-corrected chi connectivity index (χ3v) is 2.30. The first-order valence-corrected chi connectivity index (χ1v) is 6.45. The molecule has 0 unspecified atom stereocenters. The minimum atomic E-state index is -5.62. The Morgan fingerprint density at radius 2 is 1.41 bits per heavy atom. The molecule has 0 aliphatic carbocycles. The fraction of sp³-hybridized carbons (Fsp3) is 0.250. The van der Waals surface area contributed by atoms with Crippen LogP contribution in [0, 0.1) is 5.95 Å². The molecule has 0 amide bonds. The molecule has 0 saturated heterocycles. The molecule has 29 heavy (non-hydrogen) atoms. The number of ether oxygens (including phenoxy) is 1. The van der Waals surface area contributed by atoms with Gasteiger partial charge in [-0.05, 0) is 12.1 Å². The van der Waals surface area contributed by atoms with E-state index >= 15 is 0 Å². The van der Waals surface area contributed by atoms with Crippen LogP contribution in [-0.4, -0.2) is 39.4 Å². The zero-order valence-corrected chi connectivity index (χ0v) is 13.0. The minimum absolute atomic E-state index is 0.139. The van der Waals surface area contributed by atoms with Crippen molar-refractivity contribution in [1.82, 2.24) is 15.1 Å². The van der Waals surface area contributed by atoms with Crippen molar-refractivity contribution in [3.63, 3.8) is 0 Å². The topological polar surface area (TPSA) is 95.2 Å². The highest BCUT2D eigenvalue weighted by Gasteiger charge is 2.49. The number of carbonyl (C=O) groups is 2. The van der Waals surface area contributed by atoms with E-state index in [2.05, 4.69) is 24.4 Å². The smallest absolute Gasteiger partial charge is 0.380 e. The number of rotatable bonds is 1. The Hall–Kier alpha value is -3.27. The quantitative estimate of drug-likeness (QED) is 0.288. The van der Waals surface area contributed by atoms with Gasteiger partial charge in [-0.25, -0.2) is 14.6 Å². The zero-order chi connectivity index (χ0) is 22.6. The molecule has 0 atom stereocenters. The van der Waals surface area contributed by atoms with Crippen molar-refractivity contribution in [3.05, 3.63) is 30.2 Å². The van der Waals surface area contributed by atoms with Gasteiger partial charge in [-0.3, -0.25) is 0 Å². The minimum Gasteiger partial charge on any atom is -0.380 e. The Kier molecular flexibility index (Phi) is 6.88. The second-order valence-corrected chi connectivity index (χ2v) is 4.46. The van der Waals surface area contributed by atoms with Gasteiger partial charge in [0.1, 0.15) is 0 Å². The summed E-state index contributed by atoms with van der Waals surface area (Å²) in [6.45, 7) is 0. The zero-order valence-electron chi connectivity index (χ0n) is 13.0. The Morgan fingerprint density at radius 3 is 1.76 bits per heavy atom. The van der Waals surface area contributed by atoms with E-state index < -0.39 is 42.3 Å². The molecule has 2 aromatic heterocycles. The molecular weight excluding hydrogens is 440 g/mol. The lowest BCUT2D eigenvalue weighted by Gasteiger charge is -2.06. The molecule has 0 N–H and O–H groups in total. The van der Waals surface area contributed by atoms with E-state index in [0.29, 0.717) is 0 Å². The van der Waals surface area contributed by atoms with Crippen LogP contribution in [0.3, 0.4) is 0 Å². The van der Waals surface area contributed by atoms with Gasteiger partial charge in [-0.2, -0.15) is 48.9 Å². The van der Waals surface area contributed by atoms with E-state index in [0.717, 1.165) is 12.3 Å². The third-order valence-electron chi connectivity index (χ3n) is 2.30. The number of carbonyl (C=O) groups excluding carboxylic acids is 2. The number of esters is 2. The van der Waals surface area contributed by atoms with E-state index in [4.69, 9.17) is 0 Å². The summed E-state index contributed by atoms with van der Waals surface area (Å²) in [7, 11) is 0. The van der Waals surface area contributed by atoms with Gasteiger partial charge < -0.3 is 9.26 Å². The summed E-state index contributed by atoms with van der Waals surface area (Å²) < 4.78 is 122. The van der Waals surface area contributed by atoms with Gasteiger partial charge in [-0.15, -0.1) is 0 Å². The predicted octanol–water partition coefficient (Wildman–Crippen LogP) is 3.47. The summed E-state index contributed by atoms with van der Waals surface area (Å²) in [6, 6.07) is 2.19. The van der Waals surface area contributed by atoms with Gasteiger partial charge in [0.05, 0.1) is 0 Å². The molecular formula is C12H3F10N3O4. The Balaban J connectivity index is 0.000000298. The number of alkyl halides is 9. The van der Waals surface area contributed by atoms with E-state index in [1.807, 2.05) is 0 Å². The van der Waals surface area contributed by atoms with Crippen LogP contribution in [0.2, 0.25) is 0 Å². The predicted molar refractivity (Wildman–Crippen MR) is 65.7 cm³/mol. The molecule has 0 aliphatic heterocycles. The molecule has 0 aromatic carbocycles. The molecule has 2 aromatic rings. The summed E-state index contributed by atoms with van der Waals surface area (Å²) in [4.78, 5) is 25.7. The van der Waals surface area contributed by atoms with E-state index in [1.54, 1.807) is 0 Å². The van der Waals surface area contributed by atoms with Crippen molar-refractivity contribution in [2.45, 2.75) is 18.5 Å². The monoisotopic (exact) mass is 443 g/mol. The Bertz CT molecular complexity index is 831. The average Bonchev–Trinajstić information content (AvgIpc) is 3.04. The fourth-order valence-corrected chi connectivity index (χ4v) is 1.16. The SMILES string of the molecule is Fc1ccc(-c2noc(C(F)(F)F)n2)cn1.O=C(OC(=O)C(F)(F)F)C(F)(F)F. The normalized spacial score (nSPS) is 12.1. The molecule has 0 saturated carbocycles. The lowest BCUT2D eigenvalue weighted by Crippen LogP contribution is -2.34.